The van der Waals surface area contributed by atoms with E-state index in [2.05, 4.69) is 61.9 Å². The molecule has 0 saturated carbocycles. The van der Waals surface area contributed by atoms with Crippen molar-refractivity contribution >= 4 is 41.4 Å². The van der Waals surface area contributed by atoms with Crippen LogP contribution >= 0.6 is 35.6 Å². The maximum Gasteiger partial charge on any atom is 0.158 e. The number of benzene rings is 2. The molecule has 0 spiro atoms. The lowest BCUT2D eigenvalue weighted by Crippen LogP contribution is -2.21. The second kappa shape index (κ2) is 10.5. The highest BCUT2D eigenvalue weighted by atomic mass is 35.5. The molecule has 0 fully saturated rings. The van der Waals surface area contributed by atoms with Crippen LogP contribution in [0.25, 0.3) is 11.3 Å². The molecule has 2 aromatic heterocycles. The van der Waals surface area contributed by atoms with Crippen LogP contribution in [0, 0.1) is 6.92 Å². The molecule has 33 heavy (non-hydrogen) atoms. The molecule has 2 aromatic carbocycles. The Morgan fingerprint density at radius 3 is 2.58 bits per heavy atom. The minimum absolute atomic E-state index is 0. The molecule has 0 atom stereocenters. The first-order chi connectivity index (χ1) is 15.3. The molecule has 0 aliphatic heterocycles. The zero-order valence-electron chi connectivity index (χ0n) is 18.4. The van der Waals surface area contributed by atoms with Crippen molar-refractivity contribution in [2.75, 3.05) is 11.9 Å². The fraction of sp³-hybridized carbons (Fsp3) is 0.261. The molecule has 7 nitrogen and oxygen atoms in total. The van der Waals surface area contributed by atoms with E-state index in [4.69, 9.17) is 23.2 Å². The van der Waals surface area contributed by atoms with E-state index in [9.17, 15) is 0 Å². The van der Waals surface area contributed by atoms with Crippen molar-refractivity contribution in [3.63, 3.8) is 0 Å². The van der Waals surface area contributed by atoms with Crippen LogP contribution in [-0.2, 0) is 11.8 Å². The molecule has 0 saturated heterocycles. The summed E-state index contributed by atoms with van der Waals surface area (Å²) in [6.45, 7) is 6.73. The van der Waals surface area contributed by atoms with Gasteiger partial charge in [-0.2, -0.15) is 0 Å². The Labute approximate surface area is 208 Å². The maximum absolute atomic E-state index is 6.28. The molecule has 4 rings (SSSR count). The Bertz CT molecular complexity index is 1230. The van der Waals surface area contributed by atoms with Gasteiger partial charge in [0.2, 0.25) is 0 Å². The summed E-state index contributed by atoms with van der Waals surface area (Å²) in [5.74, 6) is 2.16. The summed E-state index contributed by atoms with van der Waals surface area (Å²) < 4.78 is 0. The molecule has 0 unspecified atom stereocenters. The third kappa shape index (κ3) is 5.79. The van der Waals surface area contributed by atoms with Crippen LogP contribution < -0.4 is 5.32 Å². The topological polar surface area (TPSA) is 92.3 Å². The first-order valence-corrected chi connectivity index (χ1v) is 11.0. The highest BCUT2D eigenvalue weighted by Gasteiger charge is 2.27. The average Bonchev–Trinajstić information content (AvgIpc) is 3.31. The second-order valence-corrected chi connectivity index (χ2v) is 8.90. The van der Waals surface area contributed by atoms with Crippen molar-refractivity contribution in [1.29, 1.82) is 0 Å². The Kier molecular flexibility index (Phi) is 7.89. The number of halogens is 3. The van der Waals surface area contributed by atoms with Gasteiger partial charge >= 0.3 is 0 Å². The second-order valence-electron chi connectivity index (χ2n) is 8.05. The molecule has 0 amide bonds. The van der Waals surface area contributed by atoms with E-state index in [1.54, 1.807) is 6.07 Å². The van der Waals surface area contributed by atoms with E-state index in [0.717, 1.165) is 34.6 Å². The lowest BCUT2D eigenvalue weighted by Gasteiger charge is -2.22. The molecule has 0 bridgehead atoms. The Balaban J connectivity index is 0.00000306. The molecule has 172 valence electrons. The van der Waals surface area contributed by atoms with Crippen LogP contribution in [0.15, 0.2) is 48.5 Å². The van der Waals surface area contributed by atoms with Crippen molar-refractivity contribution in [1.82, 2.24) is 30.6 Å². The van der Waals surface area contributed by atoms with Crippen LogP contribution in [0.2, 0.25) is 10.0 Å². The van der Waals surface area contributed by atoms with Crippen molar-refractivity contribution in [3.05, 3.63) is 81.4 Å². The van der Waals surface area contributed by atoms with Gasteiger partial charge in [-0.25, -0.2) is 15.1 Å². The third-order valence-electron chi connectivity index (χ3n) is 5.37. The molecular weight excluding hydrogens is 481 g/mol. The van der Waals surface area contributed by atoms with Crippen LogP contribution in [0.1, 0.15) is 36.6 Å². The van der Waals surface area contributed by atoms with E-state index in [1.165, 1.54) is 0 Å². The summed E-state index contributed by atoms with van der Waals surface area (Å²) in [6.07, 6.45) is 0.753. The highest BCUT2D eigenvalue weighted by molar-refractivity contribution is 6.35. The number of nitrogens with zero attached hydrogens (tertiary/aromatic N) is 5. The Morgan fingerprint density at radius 1 is 1.03 bits per heavy atom. The van der Waals surface area contributed by atoms with Gasteiger partial charge in [-0.1, -0.05) is 47.5 Å². The van der Waals surface area contributed by atoms with Gasteiger partial charge in [-0.3, -0.25) is 0 Å². The Morgan fingerprint density at radius 2 is 1.85 bits per heavy atom. The van der Waals surface area contributed by atoms with Gasteiger partial charge in [-0.15, -0.1) is 17.5 Å². The first-order valence-electron chi connectivity index (χ1n) is 10.2. The largest absolute Gasteiger partial charge is 0.370 e. The number of tetrazole rings is 1. The van der Waals surface area contributed by atoms with E-state index < -0.39 is 0 Å². The number of hydrogen-bond donors (Lipinski definition) is 2. The fourth-order valence-corrected chi connectivity index (χ4v) is 3.99. The predicted octanol–water partition coefficient (Wildman–Crippen LogP) is 5.67. The van der Waals surface area contributed by atoms with Crippen molar-refractivity contribution in [3.8, 4) is 11.3 Å². The standard InChI is InChI=1S/C23H23Cl2N7.ClH/c1-14-27-20(13-21(28-14)26-10-9-15-7-8-18(24)12-19(15)25)16-5-4-6-17(11-16)23(2,3)22-29-31-32-30-22;/h4-8,11-13H,9-10H2,1-3H3,(H,26,27,28)(H,29,30,31,32);1H. The fourth-order valence-electron chi connectivity index (χ4n) is 3.48. The van der Waals surface area contributed by atoms with Gasteiger partial charge in [-0.05, 0) is 66.9 Å². The zero-order valence-corrected chi connectivity index (χ0v) is 20.8. The summed E-state index contributed by atoms with van der Waals surface area (Å²) in [5, 5.41) is 19.1. The number of aromatic nitrogens is 6. The molecule has 0 aliphatic rings. The van der Waals surface area contributed by atoms with Gasteiger partial charge < -0.3 is 5.32 Å². The third-order valence-corrected chi connectivity index (χ3v) is 5.96. The summed E-state index contributed by atoms with van der Waals surface area (Å²) in [4.78, 5) is 9.18. The number of rotatable bonds is 7. The Hall–Kier alpha value is -2.74. The van der Waals surface area contributed by atoms with E-state index in [-0.39, 0.29) is 17.8 Å². The van der Waals surface area contributed by atoms with Gasteiger partial charge in [0.05, 0.1) is 11.1 Å². The van der Waals surface area contributed by atoms with Crippen LogP contribution in [-0.4, -0.2) is 37.1 Å². The van der Waals surface area contributed by atoms with Crippen LogP contribution in [0.5, 0.6) is 0 Å². The van der Waals surface area contributed by atoms with Gasteiger partial charge in [0.15, 0.2) is 5.82 Å². The molecule has 2 heterocycles. The minimum atomic E-state index is -0.374. The smallest absolute Gasteiger partial charge is 0.158 e. The highest BCUT2D eigenvalue weighted by Crippen LogP contribution is 2.31. The molecule has 10 heteroatoms. The van der Waals surface area contributed by atoms with Gasteiger partial charge in [0, 0.05) is 28.2 Å². The SMILES string of the molecule is Cc1nc(NCCc2ccc(Cl)cc2Cl)cc(-c2cccc(C(C)(C)c3nnn[nH]3)c2)n1.Cl. The zero-order chi connectivity index (χ0) is 22.7. The number of nitrogens with one attached hydrogen (secondary N) is 2. The number of H-pyrrole nitrogens is 1. The van der Waals surface area contributed by atoms with Gasteiger partial charge in [0.1, 0.15) is 11.6 Å². The molecule has 2 N–H and O–H groups in total. The summed E-state index contributed by atoms with van der Waals surface area (Å²) in [5.41, 5.74) is 3.58. The molecule has 0 aliphatic carbocycles. The van der Waals surface area contributed by atoms with Gasteiger partial charge in [0.25, 0.3) is 0 Å². The quantitative estimate of drug-likeness (QED) is 0.337. The number of aromatic amines is 1. The van der Waals surface area contributed by atoms with Crippen molar-refractivity contribution < 1.29 is 0 Å². The van der Waals surface area contributed by atoms with Crippen molar-refractivity contribution in [2.45, 2.75) is 32.6 Å². The van der Waals surface area contributed by atoms with E-state index >= 15 is 0 Å². The van der Waals surface area contributed by atoms with E-state index in [1.807, 2.05) is 37.3 Å². The number of aryl methyl sites for hydroxylation is 1. The summed E-state index contributed by atoms with van der Waals surface area (Å²) in [6, 6.07) is 15.7. The number of anilines is 1. The first kappa shape index (κ1) is 24.9. The lowest BCUT2D eigenvalue weighted by molar-refractivity contribution is 0.591. The molecule has 4 aromatic rings. The summed E-state index contributed by atoms with van der Waals surface area (Å²) >= 11 is 12.3. The molecule has 0 radical (unpaired) electrons. The predicted molar refractivity (Wildman–Crippen MR) is 134 cm³/mol. The van der Waals surface area contributed by atoms with Crippen LogP contribution in [0.3, 0.4) is 0 Å². The van der Waals surface area contributed by atoms with Crippen LogP contribution in [0.4, 0.5) is 5.82 Å². The molecular formula is C23H24Cl3N7. The normalized spacial score (nSPS) is 11.2. The lowest BCUT2D eigenvalue weighted by atomic mass is 9.83. The van der Waals surface area contributed by atoms with E-state index in [0.29, 0.717) is 28.2 Å². The summed E-state index contributed by atoms with van der Waals surface area (Å²) in [7, 11) is 0. The maximum atomic E-state index is 6.28. The average molecular weight is 505 g/mol. The number of hydrogen-bond acceptors (Lipinski definition) is 6. The monoisotopic (exact) mass is 503 g/mol. The van der Waals surface area contributed by atoms with Crippen molar-refractivity contribution in [2.24, 2.45) is 0 Å². The minimum Gasteiger partial charge on any atom is -0.370 e.